The van der Waals surface area contributed by atoms with Crippen LogP contribution < -0.4 is 0 Å². The van der Waals surface area contributed by atoms with E-state index in [2.05, 4.69) is 6.92 Å². The lowest BCUT2D eigenvalue weighted by Crippen LogP contribution is -2.51. The number of carbonyl (C=O) groups excluding carboxylic acids is 2. The number of hydrogen-bond acceptors (Lipinski definition) is 2. The molecule has 3 rings (SSSR count). The van der Waals surface area contributed by atoms with Crippen molar-refractivity contribution in [2.75, 3.05) is 26.2 Å². The second-order valence-electron chi connectivity index (χ2n) is 6.06. The summed E-state index contributed by atoms with van der Waals surface area (Å²) in [5, 5.41) is 0.267. The van der Waals surface area contributed by atoms with E-state index in [1.54, 1.807) is 4.90 Å². The number of benzene rings is 1. The molecule has 1 aromatic carbocycles. The number of halogens is 2. The molecule has 1 aliphatic heterocycles. The maximum Gasteiger partial charge on any atom is 0.256 e. The van der Waals surface area contributed by atoms with Crippen molar-refractivity contribution in [2.45, 2.75) is 13.3 Å². The molecule has 6 heteroatoms. The summed E-state index contributed by atoms with van der Waals surface area (Å²) in [5.41, 5.74) is 0.0278. The average molecular weight is 325 g/mol. The number of piperazine rings is 1. The first-order valence-electron chi connectivity index (χ1n) is 7.50. The van der Waals surface area contributed by atoms with Crippen molar-refractivity contribution in [3.8, 4) is 0 Å². The van der Waals surface area contributed by atoms with Gasteiger partial charge in [-0.05, 0) is 30.5 Å². The summed E-state index contributed by atoms with van der Waals surface area (Å²) in [6, 6.07) is 4.05. The summed E-state index contributed by atoms with van der Waals surface area (Å²) in [6.07, 6.45) is 0.966. The Bertz CT molecular complexity index is 614. The summed E-state index contributed by atoms with van der Waals surface area (Å²) in [5.74, 6) is -0.118. The molecular formula is C16H18ClFN2O2. The van der Waals surface area contributed by atoms with Crippen LogP contribution in [0.25, 0.3) is 0 Å². The fourth-order valence-electron chi connectivity index (χ4n) is 2.86. The van der Waals surface area contributed by atoms with Gasteiger partial charge in [-0.15, -0.1) is 0 Å². The van der Waals surface area contributed by atoms with E-state index < -0.39 is 5.82 Å². The average Bonchev–Trinajstić information content (AvgIpc) is 3.23. The first-order valence-corrected chi connectivity index (χ1v) is 7.88. The van der Waals surface area contributed by atoms with Gasteiger partial charge in [0.25, 0.3) is 5.91 Å². The molecule has 1 saturated heterocycles. The van der Waals surface area contributed by atoms with Gasteiger partial charge in [-0.25, -0.2) is 4.39 Å². The molecule has 2 unspecified atom stereocenters. The Labute approximate surface area is 133 Å². The van der Waals surface area contributed by atoms with Gasteiger partial charge in [0, 0.05) is 37.1 Å². The number of rotatable bonds is 2. The Morgan fingerprint density at radius 1 is 1.18 bits per heavy atom. The van der Waals surface area contributed by atoms with Crippen LogP contribution in [0, 0.1) is 17.7 Å². The summed E-state index contributed by atoms with van der Waals surface area (Å²) >= 11 is 5.70. The van der Waals surface area contributed by atoms with Gasteiger partial charge < -0.3 is 9.80 Å². The molecular weight excluding hydrogens is 307 g/mol. The minimum atomic E-state index is -0.609. The summed E-state index contributed by atoms with van der Waals surface area (Å²) in [7, 11) is 0. The van der Waals surface area contributed by atoms with Gasteiger partial charge in [0.15, 0.2) is 0 Å². The minimum Gasteiger partial charge on any atom is -0.339 e. The maximum absolute atomic E-state index is 13.8. The first-order chi connectivity index (χ1) is 10.5. The zero-order valence-electron chi connectivity index (χ0n) is 12.4. The zero-order chi connectivity index (χ0) is 15.9. The van der Waals surface area contributed by atoms with E-state index in [-0.39, 0.29) is 28.3 Å². The highest BCUT2D eigenvalue weighted by atomic mass is 35.5. The maximum atomic E-state index is 13.8. The highest BCUT2D eigenvalue weighted by molar-refractivity contribution is 6.30. The molecule has 1 aromatic rings. The smallest absolute Gasteiger partial charge is 0.256 e. The molecule has 1 aliphatic carbocycles. The lowest BCUT2D eigenvalue weighted by Gasteiger charge is -2.35. The van der Waals surface area contributed by atoms with Gasteiger partial charge in [0.05, 0.1) is 5.56 Å². The van der Waals surface area contributed by atoms with E-state index in [1.807, 2.05) is 4.90 Å². The highest BCUT2D eigenvalue weighted by Gasteiger charge is 2.42. The number of amides is 2. The zero-order valence-corrected chi connectivity index (χ0v) is 13.1. The van der Waals surface area contributed by atoms with Crippen LogP contribution in [-0.2, 0) is 4.79 Å². The van der Waals surface area contributed by atoms with Crippen molar-refractivity contribution >= 4 is 23.4 Å². The summed E-state index contributed by atoms with van der Waals surface area (Å²) < 4.78 is 13.8. The van der Waals surface area contributed by atoms with E-state index in [0.717, 1.165) is 12.5 Å². The van der Waals surface area contributed by atoms with Gasteiger partial charge in [-0.2, -0.15) is 0 Å². The highest BCUT2D eigenvalue weighted by Crippen LogP contribution is 2.39. The molecule has 0 spiro atoms. The van der Waals surface area contributed by atoms with Gasteiger partial charge in [-0.1, -0.05) is 18.5 Å². The normalized spacial score (nSPS) is 24.3. The van der Waals surface area contributed by atoms with Gasteiger partial charge in [0.2, 0.25) is 5.91 Å². The largest absolute Gasteiger partial charge is 0.339 e. The van der Waals surface area contributed by atoms with Crippen LogP contribution in [0.15, 0.2) is 18.2 Å². The van der Waals surface area contributed by atoms with Crippen LogP contribution in [-0.4, -0.2) is 47.8 Å². The van der Waals surface area contributed by atoms with Crippen molar-refractivity contribution in [1.82, 2.24) is 9.80 Å². The van der Waals surface area contributed by atoms with Crippen LogP contribution >= 0.6 is 11.6 Å². The number of hydrogen-bond donors (Lipinski definition) is 0. The predicted molar refractivity (Wildman–Crippen MR) is 81.2 cm³/mol. The van der Waals surface area contributed by atoms with Crippen LogP contribution in [0.2, 0.25) is 5.02 Å². The third-order valence-corrected chi connectivity index (χ3v) is 4.70. The molecule has 2 amide bonds. The molecule has 4 nitrogen and oxygen atoms in total. The van der Waals surface area contributed by atoms with E-state index in [0.29, 0.717) is 32.1 Å². The van der Waals surface area contributed by atoms with Gasteiger partial charge >= 0.3 is 0 Å². The minimum absolute atomic E-state index is 0.0278. The van der Waals surface area contributed by atoms with Crippen molar-refractivity contribution in [2.24, 2.45) is 11.8 Å². The molecule has 0 bridgehead atoms. The molecule has 1 heterocycles. The second-order valence-corrected chi connectivity index (χ2v) is 6.50. The topological polar surface area (TPSA) is 40.6 Å². The Hall–Kier alpha value is -1.62. The predicted octanol–water partition coefficient (Wildman–Crippen LogP) is 2.42. The quantitative estimate of drug-likeness (QED) is 0.838. The van der Waals surface area contributed by atoms with Crippen LogP contribution in [0.4, 0.5) is 4.39 Å². The fourth-order valence-corrected chi connectivity index (χ4v) is 3.02. The number of carbonyl (C=O) groups is 2. The van der Waals surface area contributed by atoms with E-state index >= 15 is 0 Å². The van der Waals surface area contributed by atoms with Crippen LogP contribution in [0.5, 0.6) is 0 Å². The SMILES string of the molecule is CC1CC1C(=O)N1CCN(C(=O)c2ccc(Cl)cc2F)CC1. The Morgan fingerprint density at radius 2 is 1.77 bits per heavy atom. The van der Waals surface area contributed by atoms with Crippen molar-refractivity contribution in [3.05, 3.63) is 34.6 Å². The summed E-state index contributed by atoms with van der Waals surface area (Å²) in [4.78, 5) is 27.9. The Morgan fingerprint density at radius 3 is 2.32 bits per heavy atom. The summed E-state index contributed by atoms with van der Waals surface area (Å²) in [6.45, 7) is 3.99. The lowest BCUT2D eigenvalue weighted by molar-refractivity contribution is -0.134. The second kappa shape index (κ2) is 5.88. The standard InChI is InChI=1S/C16H18ClFN2O2/c1-10-8-13(10)16(22)20-6-4-19(5-7-20)15(21)12-3-2-11(17)9-14(12)18/h2-3,9-10,13H,4-8H2,1H3. The van der Waals surface area contributed by atoms with Gasteiger partial charge in [-0.3, -0.25) is 9.59 Å². The van der Waals surface area contributed by atoms with Gasteiger partial charge in [0.1, 0.15) is 5.82 Å². The molecule has 0 aromatic heterocycles. The molecule has 2 fully saturated rings. The Kier molecular flexibility index (Phi) is 4.08. The number of nitrogens with zero attached hydrogens (tertiary/aromatic N) is 2. The molecule has 0 N–H and O–H groups in total. The molecule has 2 atom stereocenters. The van der Waals surface area contributed by atoms with Crippen LogP contribution in [0.1, 0.15) is 23.7 Å². The van der Waals surface area contributed by atoms with E-state index in [4.69, 9.17) is 11.6 Å². The lowest BCUT2D eigenvalue weighted by atomic mass is 10.1. The van der Waals surface area contributed by atoms with Crippen molar-refractivity contribution in [1.29, 1.82) is 0 Å². The first kappa shape index (κ1) is 15.3. The van der Waals surface area contributed by atoms with E-state index in [9.17, 15) is 14.0 Å². The third-order valence-electron chi connectivity index (χ3n) is 4.47. The molecule has 0 radical (unpaired) electrons. The van der Waals surface area contributed by atoms with Crippen LogP contribution in [0.3, 0.4) is 0 Å². The monoisotopic (exact) mass is 324 g/mol. The fraction of sp³-hybridized carbons (Fsp3) is 0.500. The molecule has 1 saturated carbocycles. The third kappa shape index (κ3) is 2.95. The van der Waals surface area contributed by atoms with Crippen molar-refractivity contribution < 1.29 is 14.0 Å². The molecule has 118 valence electrons. The van der Waals surface area contributed by atoms with E-state index in [1.165, 1.54) is 12.1 Å². The molecule has 2 aliphatic rings. The Balaban J connectivity index is 1.61. The molecule has 22 heavy (non-hydrogen) atoms. The van der Waals surface area contributed by atoms with Crippen molar-refractivity contribution in [3.63, 3.8) is 0 Å².